The Bertz CT molecular complexity index is 375. The second-order valence-electron chi connectivity index (χ2n) is 5.37. The van der Waals surface area contributed by atoms with Gasteiger partial charge in [-0.1, -0.05) is 27.7 Å². The van der Waals surface area contributed by atoms with Crippen LogP contribution in [0.3, 0.4) is 0 Å². The van der Waals surface area contributed by atoms with Crippen molar-refractivity contribution in [3.8, 4) is 5.75 Å². The molecule has 16 heavy (non-hydrogen) atoms. The second kappa shape index (κ2) is 5.33. The van der Waals surface area contributed by atoms with E-state index in [-0.39, 0.29) is 0 Å². The van der Waals surface area contributed by atoms with Crippen molar-refractivity contribution in [3.63, 3.8) is 0 Å². The Morgan fingerprint density at radius 2 is 1.88 bits per heavy atom. The molecule has 0 aliphatic rings. The van der Waals surface area contributed by atoms with Crippen LogP contribution in [0.15, 0.2) is 6.20 Å². The summed E-state index contributed by atoms with van der Waals surface area (Å²) < 4.78 is 7.21. The van der Waals surface area contributed by atoms with Crippen LogP contribution >= 0.6 is 0 Å². The average Bonchev–Trinajstić information content (AvgIpc) is 2.21. The van der Waals surface area contributed by atoms with E-state index < -0.39 is 0 Å². The molecule has 0 fully saturated rings. The van der Waals surface area contributed by atoms with E-state index in [1.807, 2.05) is 13.1 Å². The summed E-state index contributed by atoms with van der Waals surface area (Å²) in [5.41, 5.74) is 3.20. The van der Waals surface area contributed by atoms with E-state index in [0.29, 0.717) is 17.6 Å². The number of hydrogen-bond donors (Lipinski definition) is 1. The summed E-state index contributed by atoms with van der Waals surface area (Å²) in [7, 11) is 0. The lowest BCUT2D eigenvalue weighted by atomic mass is 9.93. The molecule has 0 saturated carbocycles. The van der Waals surface area contributed by atoms with Crippen molar-refractivity contribution in [2.45, 2.75) is 47.5 Å². The van der Waals surface area contributed by atoms with E-state index in [2.05, 4.69) is 32.7 Å². The monoisotopic (exact) mass is 222 g/mol. The van der Waals surface area contributed by atoms with Crippen LogP contribution in [0, 0.1) is 18.8 Å². The van der Waals surface area contributed by atoms with Crippen LogP contribution in [0.4, 0.5) is 0 Å². The van der Waals surface area contributed by atoms with Crippen LogP contribution in [0.1, 0.15) is 44.5 Å². The molecule has 0 saturated heterocycles. The average molecular weight is 222 g/mol. The van der Waals surface area contributed by atoms with Crippen molar-refractivity contribution in [2.24, 2.45) is 11.8 Å². The Morgan fingerprint density at radius 3 is 2.38 bits per heavy atom. The largest absolute Gasteiger partial charge is 0.506 e. The van der Waals surface area contributed by atoms with Gasteiger partial charge in [-0.15, -0.1) is 0 Å². The maximum Gasteiger partial charge on any atom is 0.293 e. The SMILES string of the molecule is [2H]Oc1c(C)ncc(CC(C)C)c1CC(C)C. The summed E-state index contributed by atoms with van der Waals surface area (Å²) in [6.45, 7) is 10.7. The fourth-order valence-corrected chi connectivity index (χ4v) is 1.92. The third-order valence-electron chi connectivity index (χ3n) is 2.64. The van der Waals surface area contributed by atoms with Gasteiger partial charge >= 0.3 is 0 Å². The Hall–Kier alpha value is -1.05. The minimum atomic E-state index is 0.552. The highest BCUT2D eigenvalue weighted by Crippen LogP contribution is 2.27. The number of rotatable bonds is 5. The summed E-state index contributed by atoms with van der Waals surface area (Å²) in [6.07, 6.45) is 3.88. The van der Waals surface area contributed by atoms with E-state index in [4.69, 9.17) is 6.54 Å². The summed E-state index contributed by atoms with van der Waals surface area (Å²) >= 11 is 0. The molecule has 0 atom stereocenters. The molecule has 1 heterocycles. The summed E-state index contributed by atoms with van der Waals surface area (Å²) in [5, 5.41) is 4.79. The zero-order valence-electron chi connectivity index (χ0n) is 12.0. The highest BCUT2D eigenvalue weighted by molar-refractivity contribution is 5.41. The molecule has 0 unspecified atom stereocenters. The molecule has 1 aromatic rings. The normalized spacial score (nSPS) is 12.1. The minimum absolute atomic E-state index is 0.552. The first-order valence-electron chi connectivity index (χ1n) is 6.47. The van der Waals surface area contributed by atoms with Crippen molar-refractivity contribution in [2.75, 3.05) is 0 Å². The van der Waals surface area contributed by atoms with Crippen LogP contribution in [-0.4, -0.2) is 11.5 Å². The van der Waals surface area contributed by atoms with E-state index in [1.165, 1.54) is 5.56 Å². The molecule has 90 valence electrons. The zero-order chi connectivity index (χ0) is 13.0. The molecule has 1 aromatic heterocycles. The lowest BCUT2D eigenvalue weighted by molar-refractivity contribution is 0.451. The van der Waals surface area contributed by atoms with Crippen molar-refractivity contribution in [1.29, 1.82) is 1.43 Å². The third kappa shape index (κ3) is 3.22. The van der Waals surface area contributed by atoms with Crippen LogP contribution in [0.5, 0.6) is 5.75 Å². The molecule has 2 nitrogen and oxygen atoms in total. The van der Waals surface area contributed by atoms with Gasteiger partial charge in [0, 0.05) is 11.8 Å². The predicted octanol–water partition coefficient (Wildman–Crippen LogP) is 3.49. The van der Waals surface area contributed by atoms with Gasteiger partial charge in [-0.2, -0.15) is 0 Å². The van der Waals surface area contributed by atoms with Gasteiger partial charge in [0.15, 0.2) is 0 Å². The van der Waals surface area contributed by atoms with Gasteiger partial charge in [0.1, 0.15) is 5.75 Å². The summed E-state index contributed by atoms with van der Waals surface area (Å²) in [5.74, 6) is 1.79. The molecule has 0 aromatic carbocycles. The molecular formula is C14H23NO. The fraction of sp³-hybridized carbons (Fsp3) is 0.643. The second-order valence-corrected chi connectivity index (χ2v) is 5.37. The smallest absolute Gasteiger partial charge is 0.293 e. The molecule has 1 N–H and O–H groups in total. The number of aryl methyl sites for hydroxylation is 1. The Balaban J connectivity index is 3.19. The van der Waals surface area contributed by atoms with Gasteiger partial charge in [0.2, 0.25) is 0 Å². The van der Waals surface area contributed by atoms with Gasteiger partial charge in [-0.05, 0) is 37.2 Å². The van der Waals surface area contributed by atoms with Crippen LogP contribution in [0.25, 0.3) is 0 Å². The van der Waals surface area contributed by atoms with Gasteiger partial charge in [0.05, 0.1) is 5.69 Å². The molecule has 0 aliphatic heterocycles. The highest BCUT2D eigenvalue weighted by atomic mass is 16.3. The van der Waals surface area contributed by atoms with Crippen molar-refractivity contribution < 1.29 is 5.11 Å². The zero-order valence-corrected chi connectivity index (χ0v) is 11.0. The quantitative estimate of drug-likeness (QED) is 0.827. The molecular weight excluding hydrogens is 198 g/mol. The fourth-order valence-electron chi connectivity index (χ4n) is 1.92. The lowest BCUT2D eigenvalue weighted by Gasteiger charge is -2.15. The number of aromatic hydroxyl groups is 1. The first-order valence-corrected chi connectivity index (χ1v) is 6.06. The summed E-state index contributed by atoms with van der Waals surface area (Å²) in [4.78, 5) is 4.33. The minimum Gasteiger partial charge on any atom is -0.506 e. The van der Waals surface area contributed by atoms with Crippen molar-refractivity contribution in [1.82, 2.24) is 4.98 Å². The van der Waals surface area contributed by atoms with Crippen molar-refractivity contribution in [3.05, 3.63) is 23.0 Å². The van der Waals surface area contributed by atoms with E-state index in [9.17, 15) is 0 Å². The maximum atomic E-state index is 7.21. The Kier molecular flexibility index (Phi) is 3.81. The topological polar surface area (TPSA) is 33.1 Å². The van der Waals surface area contributed by atoms with Gasteiger partial charge in [-0.3, -0.25) is 4.98 Å². The number of pyridine rings is 1. The van der Waals surface area contributed by atoms with E-state index in [1.54, 1.807) is 0 Å². The first-order chi connectivity index (χ1) is 7.95. The number of aromatic nitrogens is 1. The van der Waals surface area contributed by atoms with Gasteiger partial charge in [-0.25, -0.2) is 0 Å². The molecule has 0 amide bonds. The summed E-state index contributed by atoms with van der Waals surface area (Å²) in [6, 6.07) is 0. The van der Waals surface area contributed by atoms with E-state index in [0.717, 1.165) is 24.1 Å². The molecule has 1 rings (SSSR count). The Labute approximate surface area is 100 Å². The molecule has 0 aliphatic carbocycles. The molecule has 0 radical (unpaired) electrons. The molecule has 2 heteroatoms. The van der Waals surface area contributed by atoms with E-state index >= 15 is 0 Å². The standard InChI is InChI=1S/C14H23NO/c1-9(2)6-12-8-15-11(5)14(16)13(12)7-10(3)4/h8-10,16H,6-7H2,1-5H3/i/hD. The maximum absolute atomic E-state index is 7.21. The van der Waals surface area contributed by atoms with Gasteiger partial charge in [0.25, 0.3) is 1.43 Å². The third-order valence-corrected chi connectivity index (χ3v) is 2.64. The number of hydrogen-bond acceptors (Lipinski definition) is 2. The first kappa shape index (κ1) is 11.4. The molecule has 0 spiro atoms. The number of nitrogens with zero attached hydrogens (tertiary/aromatic N) is 1. The Morgan fingerprint density at radius 1 is 1.25 bits per heavy atom. The molecule has 0 bridgehead atoms. The van der Waals surface area contributed by atoms with Crippen LogP contribution < -0.4 is 0 Å². The lowest BCUT2D eigenvalue weighted by Crippen LogP contribution is -2.05. The van der Waals surface area contributed by atoms with Crippen LogP contribution in [0.2, 0.25) is 0 Å². The van der Waals surface area contributed by atoms with Crippen LogP contribution in [-0.2, 0) is 12.8 Å². The predicted molar refractivity (Wildman–Crippen MR) is 67.7 cm³/mol. The highest BCUT2D eigenvalue weighted by Gasteiger charge is 2.13. The van der Waals surface area contributed by atoms with Gasteiger partial charge < -0.3 is 5.11 Å². The van der Waals surface area contributed by atoms with Crippen molar-refractivity contribution >= 4 is 0 Å².